The molecular formula is C19H32O. The van der Waals surface area contributed by atoms with Crippen molar-refractivity contribution in [1.82, 2.24) is 0 Å². The highest BCUT2D eigenvalue weighted by Gasteiger charge is 2.58. The molecule has 1 N–H and O–H groups in total. The molecule has 114 valence electrons. The molecule has 0 saturated heterocycles. The lowest BCUT2D eigenvalue weighted by Gasteiger charge is -2.60. The number of rotatable bonds is 1. The van der Waals surface area contributed by atoms with Gasteiger partial charge in [0, 0.05) is 6.61 Å². The van der Waals surface area contributed by atoms with Crippen LogP contribution in [0.1, 0.15) is 77.6 Å². The summed E-state index contributed by atoms with van der Waals surface area (Å²) in [6.45, 7) is 3.12. The maximum Gasteiger partial charge on any atom is 0.0490 e. The second kappa shape index (κ2) is 4.73. The molecule has 6 atom stereocenters. The van der Waals surface area contributed by atoms with Gasteiger partial charge in [-0.25, -0.2) is 0 Å². The Morgan fingerprint density at radius 2 is 1.75 bits per heavy atom. The fourth-order valence-electron chi connectivity index (χ4n) is 7.36. The lowest BCUT2D eigenvalue weighted by molar-refractivity contribution is -0.117. The molecule has 0 aliphatic heterocycles. The normalized spacial score (nSPS) is 54.9. The first kappa shape index (κ1) is 13.6. The Labute approximate surface area is 124 Å². The van der Waals surface area contributed by atoms with Gasteiger partial charge in [-0.1, -0.05) is 26.2 Å². The Bertz CT molecular complexity index is 378. The third-order valence-electron chi connectivity index (χ3n) is 8.42. The van der Waals surface area contributed by atoms with Crippen LogP contribution in [-0.4, -0.2) is 11.7 Å². The summed E-state index contributed by atoms with van der Waals surface area (Å²) < 4.78 is 0. The molecule has 0 amide bonds. The molecule has 0 aromatic rings. The second-order valence-corrected chi connectivity index (χ2v) is 8.85. The average Bonchev–Trinajstić information content (AvgIpc) is 2.91. The monoisotopic (exact) mass is 276 g/mol. The molecule has 1 nitrogen and oxygen atoms in total. The zero-order valence-electron chi connectivity index (χ0n) is 13.2. The van der Waals surface area contributed by atoms with Gasteiger partial charge in [-0.05, 0) is 85.9 Å². The van der Waals surface area contributed by atoms with Crippen LogP contribution >= 0.6 is 0 Å². The van der Waals surface area contributed by atoms with Crippen molar-refractivity contribution < 1.29 is 5.11 Å². The molecule has 1 heteroatoms. The third-order valence-corrected chi connectivity index (χ3v) is 8.42. The van der Waals surface area contributed by atoms with Crippen LogP contribution in [0.25, 0.3) is 0 Å². The van der Waals surface area contributed by atoms with Crippen LogP contribution in [0.2, 0.25) is 0 Å². The minimum atomic E-state index is 0.346. The van der Waals surface area contributed by atoms with E-state index in [9.17, 15) is 5.11 Å². The number of hydrogen-bond donors (Lipinski definition) is 1. The van der Waals surface area contributed by atoms with E-state index in [1.165, 1.54) is 70.6 Å². The van der Waals surface area contributed by atoms with Crippen LogP contribution in [-0.2, 0) is 0 Å². The quantitative estimate of drug-likeness (QED) is 0.730. The van der Waals surface area contributed by atoms with Crippen molar-refractivity contribution in [2.45, 2.75) is 77.6 Å². The van der Waals surface area contributed by atoms with Crippen molar-refractivity contribution in [2.75, 3.05) is 6.61 Å². The third kappa shape index (κ3) is 1.71. The van der Waals surface area contributed by atoms with E-state index in [1.807, 2.05) is 0 Å². The first-order chi connectivity index (χ1) is 9.70. The van der Waals surface area contributed by atoms with Crippen molar-refractivity contribution in [1.29, 1.82) is 0 Å². The largest absolute Gasteiger partial charge is 0.396 e. The molecule has 0 heterocycles. The molecule has 20 heavy (non-hydrogen) atoms. The predicted octanol–water partition coefficient (Wildman–Crippen LogP) is 4.78. The van der Waals surface area contributed by atoms with Crippen molar-refractivity contribution in [3.63, 3.8) is 0 Å². The maximum absolute atomic E-state index is 10.0. The first-order valence-corrected chi connectivity index (χ1v) is 9.30. The summed E-state index contributed by atoms with van der Waals surface area (Å²) in [4.78, 5) is 0. The van der Waals surface area contributed by atoms with E-state index in [2.05, 4.69) is 6.92 Å². The van der Waals surface area contributed by atoms with Gasteiger partial charge in [-0.15, -0.1) is 0 Å². The Morgan fingerprint density at radius 3 is 2.60 bits per heavy atom. The Kier molecular flexibility index (Phi) is 3.22. The summed E-state index contributed by atoms with van der Waals surface area (Å²) in [6.07, 6.45) is 15.8. The van der Waals surface area contributed by atoms with Gasteiger partial charge in [0.2, 0.25) is 0 Å². The minimum Gasteiger partial charge on any atom is -0.396 e. The van der Waals surface area contributed by atoms with E-state index in [0.717, 1.165) is 23.7 Å². The number of aliphatic hydroxyl groups excluding tert-OH is 1. The number of fused-ring (bicyclic) bond motifs is 5. The molecule has 0 unspecified atom stereocenters. The highest BCUT2D eigenvalue weighted by atomic mass is 16.3. The molecule has 4 fully saturated rings. The predicted molar refractivity (Wildman–Crippen MR) is 82.4 cm³/mol. The molecule has 0 aromatic carbocycles. The summed E-state index contributed by atoms with van der Waals surface area (Å²) in [6, 6.07) is 0. The van der Waals surface area contributed by atoms with E-state index in [1.54, 1.807) is 0 Å². The summed E-state index contributed by atoms with van der Waals surface area (Å²) in [7, 11) is 0. The molecule has 0 spiro atoms. The van der Waals surface area contributed by atoms with E-state index >= 15 is 0 Å². The smallest absolute Gasteiger partial charge is 0.0490 e. The first-order valence-electron chi connectivity index (χ1n) is 9.30. The van der Waals surface area contributed by atoms with Gasteiger partial charge in [-0.3, -0.25) is 0 Å². The summed E-state index contributed by atoms with van der Waals surface area (Å²) in [5, 5.41) is 10.0. The fourth-order valence-corrected chi connectivity index (χ4v) is 7.36. The van der Waals surface area contributed by atoms with Crippen LogP contribution in [0, 0.1) is 34.5 Å². The van der Waals surface area contributed by atoms with Crippen molar-refractivity contribution in [3.05, 3.63) is 0 Å². The highest BCUT2D eigenvalue weighted by molar-refractivity contribution is 5.07. The molecule has 0 radical (unpaired) electrons. The standard InChI is InChI=1S/C19H32O/c1-18-10-3-2-5-14(18)7-8-15-16(18)9-12-19(13-20)11-4-6-17(15)19/h14-17,20H,2-13H2,1H3/t14-,15-,16+,17+,18+,19+/m1/s1. The summed E-state index contributed by atoms with van der Waals surface area (Å²) in [5.74, 6) is 3.84. The Morgan fingerprint density at radius 1 is 0.850 bits per heavy atom. The Hall–Kier alpha value is -0.0400. The van der Waals surface area contributed by atoms with E-state index in [4.69, 9.17) is 0 Å². The van der Waals surface area contributed by atoms with Crippen LogP contribution < -0.4 is 0 Å². The molecule has 0 aromatic heterocycles. The van der Waals surface area contributed by atoms with Crippen molar-refractivity contribution in [3.8, 4) is 0 Å². The van der Waals surface area contributed by atoms with Gasteiger partial charge in [0.1, 0.15) is 0 Å². The molecule has 0 bridgehead atoms. The lowest BCUT2D eigenvalue weighted by Crippen LogP contribution is -2.53. The Balaban J connectivity index is 1.64. The van der Waals surface area contributed by atoms with Gasteiger partial charge in [0.25, 0.3) is 0 Å². The van der Waals surface area contributed by atoms with Crippen LogP contribution in [0.5, 0.6) is 0 Å². The van der Waals surface area contributed by atoms with Gasteiger partial charge >= 0.3 is 0 Å². The van der Waals surface area contributed by atoms with Gasteiger partial charge in [-0.2, -0.15) is 0 Å². The van der Waals surface area contributed by atoms with Gasteiger partial charge in [0.15, 0.2) is 0 Å². The number of aliphatic hydroxyl groups is 1. The SMILES string of the molecule is C[C@]12CCCC[C@@H]1CC[C@H]1[C@@H]3CCC[C@@]3(CO)CC[C@@H]12. The van der Waals surface area contributed by atoms with E-state index in [-0.39, 0.29) is 0 Å². The molecule has 4 aliphatic carbocycles. The second-order valence-electron chi connectivity index (χ2n) is 8.85. The molecular weight excluding hydrogens is 244 g/mol. The number of hydrogen-bond acceptors (Lipinski definition) is 1. The topological polar surface area (TPSA) is 20.2 Å². The average molecular weight is 276 g/mol. The zero-order chi connectivity index (χ0) is 13.8. The molecule has 4 rings (SSSR count). The van der Waals surface area contributed by atoms with Crippen molar-refractivity contribution >= 4 is 0 Å². The maximum atomic E-state index is 10.0. The summed E-state index contributed by atoms with van der Waals surface area (Å²) >= 11 is 0. The lowest BCUT2D eigenvalue weighted by atomic mass is 9.45. The minimum absolute atomic E-state index is 0.346. The van der Waals surface area contributed by atoms with Gasteiger partial charge in [0.05, 0.1) is 0 Å². The van der Waals surface area contributed by atoms with Crippen LogP contribution in [0.15, 0.2) is 0 Å². The highest BCUT2D eigenvalue weighted by Crippen LogP contribution is 2.66. The van der Waals surface area contributed by atoms with E-state index < -0.39 is 0 Å². The molecule has 4 saturated carbocycles. The van der Waals surface area contributed by atoms with Crippen LogP contribution in [0.3, 0.4) is 0 Å². The van der Waals surface area contributed by atoms with E-state index in [0.29, 0.717) is 17.4 Å². The van der Waals surface area contributed by atoms with Crippen molar-refractivity contribution in [2.24, 2.45) is 34.5 Å². The zero-order valence-corrected chi connectivity index (χ0v) is 13.2. The van der Waals surface area contributed by atoms with Gasteiger partial charge < -0.3 is 5.11 Å². The fraction of sp³-hybridized carbons (Fsp3) is 1.00. The molecule has 4 aliphatic rings. The summed E-state index contributed by atoms with van der Waals surface area (Å²) in [5.41, 5.74) is 1.00. The van der Waals surface area contributed by atoms with Crippen LogP contribution in [0.4, 0.5) is 0 Å².